The quantitative estimate of drug-likeness (QED) is 0.600. The first kappa shape index (κ1) is 19.0. The van der Waals surface area contributed by atoms with E-state index in [1.54, 1.807) is 11.9 Å². The molecule has 0 aromatic heterocycles. The highest BCUT2D eigenvalue weighted by molar-refractivity contribution is 5.77. The number of nitro benzene ring substituents is 1. The number of hydrogen-bond acceptors (Lipinski definition) is 5. The largest absolute Gasteiger partial charge is 0.416 e. The predicted octanol–water partition coefficient (Wildman–Crippen LogP) is 2.24. The lowest BCUT2D eigenvalue weighted by atomic mass is 10.1. The zero-order chi connectivity index (χ0) is 18.6. The highest BCUT2D eigenvalue weighted by Gasteiger charge is 2.33. The van der Waals surface area contributed by atoms with Gasteiger partial charge in [-0.25, -0.2) is 0 Å². The highest BCUT2D eigenvalue weighted by Crippen LogP contribution is 2.34. The summed E-state index contributed by atoms with van der Waals surface area (Å²) in [5.41, 5.74) is -1.80. The molecule has 0 saturated carbocycles. The van der Waals surface area contributed by atoms with Crippen LogP contribution in [-0.4, -0.2) is 48.5 Å². The lowest BCUT2D eigenvalue weighted by molar-refractivity contribution is -0.384. The summed E-state index contributed by atoms with van der Waals surface area (Å²) >= 11 is 0. The molecule has 1 aromatic carbocycles. The van der Waals surface area contributed by atoms with Crippen LogP contribution in [0.1, 0.15) is 18.4 Å². The molecule has 1 aromatic rings. The van der Waals surface area contributed by atoms with Crippen molar-refractivity contribution >= 4 is 17.3 Å². The number of nitrogens with one attached hydrogen (secondary N) is 2. The van der Waals surface area contributed by atoms with Gasteiger partial charge in [-0.15, -0.1) is 0 Å². The fraction of sp³-hybridized carbons (Fsp3) is 0.533. The van der Waals surface area contributed by atoms with E-state index in [2.05, 4.69) is 10.6 Å². The molecule has 2 rings (SSSR count). The van der Waals surface area contributed by atoms with Crippen LogP contribution in [0.5, 0.6) is 0 Å². The molecule has 7 nitrogen and oxygen atoms in total. The summed E-state index contributed by atoms with van der Waals surface area (Å²) in [7, 11) is 1.70. The van der Waals surface area contributed by atoms with Crippen molar-refractivity contribution in [1.82, 2.24) is 10.2 Å². The van der Waals surface area contributed by atoms with Gasteiger partial charge in [0.15, 0.2) is 0 Å². The van der Waals surface area contributed by atoms with Gasteiger partial charge in [-0.3, -0.25) is 14.9 Å². The lowest BCUT2D eigenvalue weighted by Crippen LogP contribution is -2.39. The minimum Gasteiger partial charge on any atom is -0.379 e. The van der Waals surface area contributed by atoms with Gasteiger partial charge >= 0.3 is 6.18 Å². The van der Waals surface area contributed by atoms with Gasteiger partial charge in [0.1, 0.15) is 5.69 Å². The number of amides is 1. The fourth-order valence-electron chi connectivity index (χ4n) is 2.66. The molecule has 0 aliphatic carbocycles. The van der Waals surface area contributed by atoms with Crippen LogP contribution < -0.4 is 10.6 Å². The molecule has 2 N–H and O–H groups in total. The minimum absolute atomic E-state index is 0.0454. The third-order valence-corrected chi connectivity index (χ3v) is 4.15. The molecular weight excluding hydrogens is 341 g/mol. The highest BCUT2D eigenvalue weighted by atomic mass is 19.4. The lowest BCUT2D eigenvalue weighted by Gasteiger charge is -2.23. The third-order valence-electron chi connectivity index (χ3n) is 4.15. The summed E-state index contributed by atoms with van der Waals surface area (Å²) in [6.45, 7) is 1.66. The predicted molar refractivity (Wildman–Crippen MR) is 85.2 cm³/mol. The number of carbonyl (C=O) groups excluding carboxylic acids is 1. The molecule has 0 radical (unpaired) electrons. The van der Waals surface area contributed by atoms with Gasteiger partial charge in [0.05, 0.1) is 10.5 Å². The first-order valence-corrected chi connectivity index (χ1v) is 7.76. The normalized spacial score (nSPS) is 17.4. The van der Waals surface area contributed by atoms with Crippen LogP contribution in [0.25, 0.3) is 0 Å². The van der Waals surface area contributed by atoms with Crippen molar-refractivity contribution in [1.29, 1.82) is 0 Å². The molecule has 0 bridgehead atoms. The Kier molecular flexibility index (Phi) is 5.83. The number of halogens is 3. The summed E-state index contributed by atoms with van der Waals surface area (Å²) in [5.74, 6) is -0.129. The number of rotatable bonds is 6. The second kappa shape index (κ2) is 7.68. The first-order chi connectivity index (χ1) is 11.7. The number of carbonyl (C=O) groups is 1. The second-order valence-electron chi connectivity index (χ2n) is 5.81. The number of benzene rings is 1. The van der Waals surface area contributed by atoms with E-state index in [0.29, 0.717) is 6.07 Å². The number of hydrogen-bond donors (Lipinski definition) is 2. The molecule has 1 fully saturated rings. The summed E-state index contributed by atoms with van der Waals surface area (Å²) in [5, 5.41) is 16.8. The van der Waals surface area contributed by atoms with Gasteiger partial charge < -0.3 is 15.5 Å². The maximum Gasteiger partial charge on any atom is 0.416 e. The van der Waals surface area contributed by atoms with Gasteiger partial charge in [-0.1, -0.05) is 0 Å². The Bertz CT molecular complexity index is 645. The first-order valence-electron chi connectivity index (χ1n) is 7.76. The average Bonchev–Trinajstić information content (AvgIpc) is 3.07. The molecule has 1 heterocycles. The van der Waals surface area contributed by atoms with Crippen LogP contribution in [0.2, 0.25) is 0 Å². The van der Waals surface area contributed by atoms with E-state index in [1.165, 1.54) is 0 Å². The van der Waals surface area contributed by atoms with E-state index in [4.69, 9.17) is 0 Å². The zero-order valence-corrected chi connectivity index (χ0v) is 13.6. The van der Waals surface area contributed by atoms with Gasteiger partial charge in [0.2, 0.25) is 5.91 Å². The van der Waals surface area contributed by atoms with Crippen molar-refractivity contribution < 1.29 is 22.9 Å². The summed E-state index contributed by atoms with van der Waals surface area (Å²) in [4.78, 5) is 23.8. The SMILES string of the molecule is CN(C(=O)CCNc1ccc(C(F)(F)F)cc1[N+](=O)[O-])C1CCNC1. The van der Waals surface area contributed by atoms with E-state index in [0.717, 1.165) is 31.6 Å². The Labute approximate surface area is 142 Å². The fourth-order valence-corrected chi connectivity index (χ4v) is 2.66. The Balaban J connectivity index is 1.98. The van der Waals surface area contributed by atoms with Crippen molar-refractivity contribution in [2.45, 2.75) is 25.1 Å². The van der Waals surface area contributed by atoms with Crippen LogP contribution in [0.3, 0.4) is 0 Å². The zero-order valence-electron chi connectivity index (χ0n) is 13.6. The Morgan fingerprint density at radius 3 is 2.76 bits per heavy atom. The molecule has 25 heavy (non-hydrogen) atoms. The molecule has 138 valence electrons. The van der Waals surface area contributed by atoms with Gasteiger partial charge in [0.25, 0.3) is 5.69 Å². The second-order valence-corrected chi connectivity index (χ2v) is 5.81. The smallest absolute Gasteiger partial charge is 0.379 e. The van der Waals surface area contributed by atoms with Gasteiger partial charge in [-0.2, -0.15) is 13.2 Å². The van der Waals surface area contributed by atoms with E-state index in [9.17, 15) is 28.1 Å². The van der Waals surface area contributed by atoms with Crippen molar-refractivity contribution in [3.8, 4) is 0 Å². The molecule has 1 saturated heterocycles. The molecule has 1 unspecified atom stereocenters. The summed E-state index contributed by atoms with van der Waals surface area (Å²) in [6, 6.07) is 2.39. The van der Waals surface area contributed by atoms with Crippen LogP contribution in [0.4, 0.5) is 24.5 Å². The average molecular weight is 360 g/mol. The Hall–Kier alpha value is -2.36. The maximum absolute atomic E-state index is 12.7. The molecule has 0 spiro atoms. The monoisotopic (exact) mass is 360 g/mol. The molecule has 10 heteroatoms. The molecule has 1 aliphatic rings. The number of nitrogens with zero attached hydrogens (tertiary/aromatic N) is 2. The van der Waals surface area contributed by atoms with Crippen LogP contribution >= 0.6 is 0 Å². The Morgan fingerprint density at radius 1 is 1.48 bits per heavy atom. The number of alkyl halides is 3. The van der Waals surface area contributed by atoms with Crippen LogP contribution in [0, 0.1) is 10.1 Å². The van der Waals surface area contributed by atoms with Crippen molar-refractivity contribution in [2.24, 2.45) is 0 Å². The van der Waals surface area contributed by atoms with Crippen molar-refractivity contribution in [3.05, 3.63) is 33.9 Å². The maximum atomic E-state index is 12.7. The molecule has 1 atom stereocenters. The number of nitro groups is 1. The Morgan fingerprint density at radius 2 is 2.20 bits per heavy atom. The number of anilines is 1. The van der Waals surface area contributed by atoms with E-state index in [-0.39, 0.29) is 30.6 Å². The molecule has 1 aliphatic heterocycles. The van der Waals surface area contributed by atoms with Crippen molar-refractivity contribution in [2.75, 3.05) is 32.0 Å². The van der Waals surface area contributed by atoms with Crippen LogP contribution in [0.15, 0.2) is 18.2 Å². The van der Waals surface area contributed by atoms with E-state index in [1.807, 2.05) is 0 Å². The summed E-state index contributed by atoms with van der Waals surface area (Å²) < 4.78 is 38.0. The van der Waals surface area contributed by atoms with Crippen LogP contribution in [-0.2, 0) is 11.0 Å². The third kappa shape index (κ3) is 4.81. The van der Waals surface area contributed by atoms with E-state index < -0.39 is 22.4 Å². The van der Waals surface area contributed by atoms with Gasteiger partial charge in [0, 0.05) is 38.7 Å². The number of likely N-dealkylation sites (N-methyl/N-ethyl adjacent to an activating group) is 1. The standard InChI is InChI=1S/C15H19F3N4O3/c1-21(11-4-6-19-9-11)14(23)5-7-20-12-3-2-10(15(16,17)18)8-13(12)22(24)25/h2-3,8,11,19-20H,4-7,9H2,1H3. The van der Waals surface area contributed by atoms with Crippen molar-refractivity contribution in [3.63, 3.8) is 0 Å². The molecule has 1 amide bonds. The van der Waals surface area contributed by atoms with Gasteiger partial charge in [-0.05, 0) is 25.1 Å². The minimum atomic E-state index is -4.66. The summed E-state index contributed by atoms with van der Waals surface area (Å²) in [6.07, 6.45) is -3.71. The van der Waals surface area contributed by atoms with E-state index >= 15 is 0 Å². The molecular formula is C15H19F3N4O3. The topological polar surface area (TPSA) is 87.5 Å².